The van der Waals surface area contributed by atoms with Gasteiger partial charge in [-0.1, -0.05) is 70.8 Å². The topological polar surface area (TPSA) is 85.6 Å². The summed E-state index contributed by atoms with van der Waals surface area (Å²) < 4.78 is 6.40. The zero-order valence-electron chi connectivity index (χ0n) is 26.5. The third-order valence-corrected chi connectivity index (χ3v) is 12.4. The average Bonchev–Trinajstić information content (AvgIpc) is 3.79. The fourth-order valence-corrected chi connectivity index (χ4v) is 10.3. The van der Waals surface area contributed by atoms with Crippen LogP contribution in [0.3, 0.4) is 0 Å². The first kappa shape index (κ1) is 30.6. The Hall–Kier alpha value is -4.77. The van der Waals surface area contributed by atoms with E-state index in [1.54, 1.807) is 34.8 Å². The molecule has 0 amide bonds. The van der Waals surface area contributed by atoms with Crippen molar-refractivity contribution < 1.29 is 28.9 Å². The molecule has 0 atom stereocenters. The Kier molecular flexibility index (Phi) is 7.47. The lowest BCUT2D eigenvalue weighted by Crippen LogP contribution is -2.36. The number of aromatic nitrogens is 2. The van der Waals surface area contributed by atoms with Crippen LogP contribution >= 0.6 is 34.4 Å². The number of anilines is 1. The molecular weight excluding hydrogens is 659 g/mol. The number of thioether (sulfide) groups is 1. The predicted molar refractivity (Wildman–Crippen MR) is 193 cm³/mol. The molecule has 0 saturated carbocycles. The van der Waals surface area contributed by atoms with Crippen molar-refractivity contribution in [2.75, 3.05) is 11.4 Å². The number of Topliss-reactive ketones (excluding diaryl/α,β-unsaturated/α-hetero) is 2. The molecular formula is C38H31N3O4S3+2. The van der Waals surface area contributed by atoms with Gasteiger partial charge in [0.2, 0.25) is 22.6 Å². The number of ketones is 2. The molecule has 3 heterocycles. The first-order valence-electron chi connectivity index (χ1n) is 15.9. The van der Waals surface area contributed by atoms with Crippen molar-refractivity contribution in [3.05, 3.63) is 127 Å². The highest BCUT2D eigenvalue weighted by molar-refractivity contribution is 8.03. The highest BCUT2D eigenvalue weighted by atomic mass is 32.2. The summed E-state index contributed by atoms with van der Waals surface area (Å²) in [5.74, 6) is -1.06. The summed E-state index contributed by atoms with van der Waals surface area (Å²) in [6, 6.07) is 24.0. The SMILES string of the molecule is CCN1C(=C(C2=C(O)C(=Cc3sc4ccccc4[n+]3CC)C2=O)C2=C(O)C(=Cc3sc4ccccc4[n+]3CC)C2=O)Sc2ccccc21. The van der Waals surface area contributed by atoms with E-state index in [9.17, 15) is 19.8 Å². The van der Waals surface area contributed by atoms with Crippen LogP contribution in [0.1, 0.15) is 30.8 Å². The van der Waals surface area contributed by atoms with E-state index < -0.39 is 0 Å². The Balaban J connectivity index is 1.29. The van der Waals surface area contributed by atoms with Gasteiger partial charge in [0.25, 0.3) is 10.0 Å². The van der Waals surface area contributed by atoms with Crippen LogP contribution < -0.4 is 14.0 Å². The minimum atomic E-state index is -0.360. The van der Waals surface area contributed by atoms with Crippen LogP contribution in [0, 0.1) is 0 Å². The lowest BCUT2D eigenvalue weighted by molar-refractivity contribution is -0.665. The Morgan fingerprint density at radius 2 is 1.19 bits per heavy atom. The lowest BCUT2D eigenvalue weighted by atomic mass is 9.74. The number of allylic oxidation sites excluding steroid dienone is 5. The Morgan fingerprint density at radius 3 is 1.67 bits per heavy atom. The van der Waals surface area contributed by atoms with E-state index in [1.807, 2.05) is 98.5 Å². The maximum atomic E-state index is 14.1. The van der Waals surface area contributed by atoms with E-state index >= 15 is 0 Å². The van der Waals surface area contributed by atoms with Gasteiger partial charge < -0.3 is 15.1 Å². The first-order chi connectivity index (χ1) is 23.4. The average molecular weight is 690 g/mol. The monoisotopic (exact) mass is 689 g/mol. The Morgan fingerprint density at radius 1 is 0.708 bits per heavy atom. The minimum absolute atomic E-state index is 0.0543. The zero-order valence-corrected chi connectivity index (χ0v) is 28.9. The number of aliphatic hydroxyl groups excluding tert-OH is 2. The van der Waals surface area contributed by atoms with Gasteiger partial charge in [-0.25, -0.2) is 0 Å². The molecule has 0 radical (unpaired) electrons. The number of rotatable bonds is 7. The van der Waals surface area contributed by atoms with Crippen molar-refractivity contribution in [3.63, 3.8) is 0 Å². The van der Waals surface area contributed by atoms with E-state index in [1.165, 1.54) is 11.8 Å². The van der Waals surface area contributed by atoms with Crippen LogP contribution in [0.15, 0.2) is 122 Å². The van der Waals surface area contributed by atoms with Gasteiger partial charge in [-0.15, -0.1) is 0 Å². The molecule has 0 unspecified atom stereocenters. The number of benzene rings is 3. The van der Waals surface area contributed by atoms with Gasteiger partial charge in [0.15, 0.2) is 0 Å². The number of carbonyl (C=O) groups is 2. The standard InChI is InChI=1S/C38H29N3O4S3/c1-4-39-23-13-7-10-16-26(23)46-29(39)19-21-34(42)32(35(21)43)31(38-41(6-3)25-15-9-12-18-28(25)48-38)33-36(44)22(37(33)45)20-30-40(5-2)24-14-8-11-17-27(24)47-30/h7-20H,4-6H2,1-3H3/p+2. The van der Waals surface area contributed by atoms with Crippen LogP contribution in [0.2, 0.25) is 0 Å². The molecule has 238 valence electrons. The largest absolute Gasteiger partial charge is 0.506 e. The molecule has 0 bridgehead atoms. The third kappa shape index (κ3) is 4.47. The molecule has 0 spiro atoms. The number of aliphatic hydroxyl groups is 2. The number of hydrogen-bond acceptors (Lipinski definition) is 8. The second-order valence-corrected chi connectivity index (χ2v) is 14.7. The molecule has 2 aliphatic carbocycles. The smallest absolute Gasteiger partial charge is 0.263 e. The van der Waals surface area contributed by atoms with E-state index in [2.05, 4.69) is 9.13 Å². The lowest BCUT2D eigenvalue weighted by Gasteiger charge is -2.31. The highest BCUT2D eigenvalue weighted by Crippen LogP contribution is 2.53. The summed E-state index contributed by atoms with van der Waals surface area (Å²) in [5, 5.41) is 25.6. The zero-order chi connectivity index (χ0) is 33.3. The number of thiazole rings is 2. The van der Waals surface area contributed by atoms with Crippen LogP contribution in [0.5, 0.6) is 0 Å². The van der Waals surface area contributed by atoms with Crippen LogP contribution in [0.25, 0.3) is 32.6 Å². The molecule has 5 aromatic rings. The van der Waals surface area contributed by atoms with Gasteiger partial charge in [0, 0.05) is 41.3 Å². The van der Waals surface area contributed by atoms with E-state index in [4.69, 9.17) is 0 Å². The van der Waals surface area contributed by atoms with Crippen LogP contribution in [-0.2, 0) is 22.7 Å². The van der Waals surface area contributed by atoms with Gasteiger partial charge >= 0.3 is 0 Å². The third-order valence-electron chi connectivity index (χ3n) is 9.01. The first-order valence-corrected chi connectivity index (χ1v) is 18.3. The summed E-state index contributed by atoms with van der Waals surface area (Å²) in [6.07, 6.45) is 3.47. The summed E-state index contributed by atoms with van der Waals surface area (Å²) in [7, 11) is 0. The van der Waals surface area contributed by atoms with Crippen molar-refractivity contribution >= 4 is 84.3 Å². The highest BCUT2D eigenvalue weighted by Gasteiger charge is 2.48. The second kappa shape index (κ2) is 11.7. The fraction of sp³-hybridized carbons (Fsp3) is 0.158. The number of hydrogen-bond donors (Lipinski definition) is 2. The van der Waals surface area contributed by atoms with Crippen molar-refractivity contribution in [1.29, 1.82) is 0 Å². The molecule has 3 aliphatic rings. The predicted octanol–water partition coefficient (Wildman–Crippen LogP) is 7.83. The van der Waals surface area contributed by atoms with Gasteiger partial charge in [0.05, 0.1) is 33.0 Å². The molecule has 0 saturated heterocycles. The molecule has 8 rings (SSSR count). The van der Waals surface area contributed by atoms with Gasteiger partial charge in [0.1, 0.15) is 34.0 Å². The van der Waals surface area contributed by atoms with E-state index in [0.717, 1.165) is 41.0 Å². The van der Waals surface area contributed by atoms with Gasteiger partial charge in [-0.3, -0.25) is 9.59 Å². The van der Waals surface area contributed by atoms with Gasteiger partial charge in [-0.2, -0.15) is 9.13 Å². The molecule has 2 N–H and O–H groups in total. The molecule has 7 nitrogen and oxygen atoms in total. The quantitative estimate of drug-likeness (QED) is 0.134. The second-order valence-electron chi connectivity index (χ2n) is 11.5. The summed E-state index contributed by atoms with van der Waals surface area (Å²) in [6.45, 7) is 8.06. The molecule has 3 aromatic carbocycles. The number of nitrogens with zero attached hydrogens (tertiary/aromatic N) is 3. The maximum Gasteiger partial charge on any atom is 0.263 e. The minimum Gasteiger partial charge on any atom is -0.506 e. The molecule has 1 aliphatic heterocycles. The molecule has 2 aromatic heterocycles. The number of carbonyl (C=O) groups excluding carboxylic acids is 2. The normalized spacial score (nSPS) is 17.7. The number of para-hydroxylation sites is 3. The Bertz CT molecular complexity index is 2270. The molecule has 0 fully saturated rings. The fourth-order valence-electron chi connectivity index (χ4n) is 6.67. The number of fused-ring (bicyclic) bond motifs is 3. The van der Waals surface area contributed by atoms with Crippen molar-refractivity contribution in [3.8, 4) is 0 Å². The maximum absolute atomic E-state index is 14.1. The number of aryl methyl sites for hydroxylation is 2. The molecule has 10 heteroatoms. The van der Waals surface area contributed by atoms with Gasteiger partial charge in [-0.05, 0) is 45.0 Å². The summed E-state index contributed by atoms with van der Waals surface area (Å²) in [4.78, 5) is 31.2. The van der Waals surface area contributed by atoms with Crippen LogP contribution in [0.4, 0.5) is 5.69 Å². The van der Waals surface area contributed by atoms with Crippen molar-refractivity contribution in [2.45, 2.75) is 38.8 Å². The van der Waals surface area contributed by atoms with E-state index in [-0.39, 0.29) is 51.0 Å². The van der Waals surface area contributed by atoms with Crippen molar-refractivity contribution in [1.82, 2.24) is 0 Å². The summed E-state index contributed by atoms with van der Waals surface area (Å²) >= 11 is 4.54. The van der Waals surface area contributed by atoms with E-state index in [0.29, 0.717) is 24.7 Å². The van der Waals surface area contributed by atoms with Crippen LogP contribution in [-0.4, -0.2) is 28.3 Å². The summed E-state index contributed by atoms with van der Waals surface area (Å²) in [5.41, 5.74) is 3.84. The molecule has 48 heavy (non-hydrogen) atoms. The van der Waals surface area contributed by atoms with Crippen molar-refractivity contribution in [2.24, 2.45) is 0 Å². The Labute approximate surface area is 289 Å².